The van der Waals surface area contributed by atoms with Crippen LogP contribution < -0.4 is 4.90 Å². The van der Waals surface area contributed by atoms with Crippen molar-refractivity contribution in [1.29, 1.82) is 0 Å². The van der Waals surface area contributed by atoms with E-state index in [2.05, 4.69) is 279 Å². The van der Waals surface area contributed by atoms with Gasteiger partial charge in [0, 0.05) is 17.1 Å². The van der Waals surface area contributed by atoms with Crippen molar-refractivity contribution in [2.45, 2.75) is 30.6 Å². The van der Waals surface area contributed by atoms with Gasteiger partial charge in [-0.15, -0.1) is 0 Å². The lowest BCUT2D eigenvalue weighted by atomic mass is 9.63. The lowest BCUT2D eigenvalue weighted by molar-refractivity contribution is 0.751. The molecule has 0 saturated carbocycles. The molecule has 0 atom stereocenters. The van der Waals surface area contributed by atoms with Gasteiger partial charge in [-0.1, -0.05) is 244 Å². The second-order valence-electron chi connectivity index (χ2n) is 19.7. The highest BCUT2D eigenvalue weighted by Crippen LogP contribution is 2.63. The molecule has 3 aliphatic carbocycles. The van der Waals surface area contributed by atoms with Gasteiger partial charge in [-0.05, 0) is 149 Å². The molecule has 0 aliphatic heterocycles. The fraction of sp³-hybridized carbons (Fsp3) is 0.0704. The lowest BCUT2D eigenvalue weighted by Crippen LogP contribution is -2.31. The summed E-state index contributed by atoms with van der Waals surface area (Å²) in [4.78, 5) is 2.47. The van der Waals surface area contributed by atoms with Gasteiger partial charge in [0.1, 0.15) is 0 Å². The van der Waals surface area contributed by atoms with E-state index in [9.17, 15) is 0 Å². The molecule has 340 valence electrons. The van der Waals surface area contributed by atoms with E-state index in [1.54, 1.807) is 0 Å². The SMILES string of the molecule is CCCc1ccc(-c2ccc(N(c3ccc(C4(c5ccccc5)c5ccccc5-c5ccccc5-c5ccccc54)cc3)c3ccc4c(c3)C3(c5ccccc5-c5ccccc53)c3ccccc3-4)cc2)cc1. The third kappa shape index (κ3) is 6.07. The summed E-state index contributed by atoms with van der Waals surface area (Å²) < 4.78 is 0. The minimum atomic E-state index is -0.625. The summed E-state index contributed by atoms with van der Waals surface area (Å²) in [6, 6.07) is 101. The molecule has 0 aromatic heterocycles. The predicted molar refractivity (Wildman–Crippen MR) is 300 cm³/mol. The van der Waals surface area contributed by atoms with Gasteiger partial charge < -0.3 is 4.90 Å². The summed E-state index contributed by atoms with van der Waals surface area (Å²) in [7, 11) is 0. The molecule has 1 nitrogen and oxygen atoms in total. The maximum Gasteiger partial charge on any atom is 0.0726 e. The highest BCUT2D eigenvalue weighted by atomic mass is 15.1. The number of aryl methyl sites for hydroxylation is 1. The summed E-state index contributed by atoms with van der Waals surface area (Å²) in [5.74, 6) is 0. The zero-order chi connectivity index (χ0) is 47.8. The third-order valence-corrected chi connectivity index (χ3v) is 16.1. The maximum absolute atomic E-state index is 2.50. The third-order valence-electron chi connectivity index (χ3n) is 16.1. The van der Waals surface area contributed by atoms with Crippen molar-refractivity contribution in [3.63, 3.8) is 0 Å². The van der Waals surface area contributed by atoms with Crippen LogP contribution in [0.2, 0.25) is 0 Å². The summed E-state index contributed by atoms with van der Waals surface area (Å²) in [6.07, 6.45) is 2.23. The Hall–Kier alpha value is -8.78. The maximum atomic E-state index is 2.50. The number of fused-ring (bicyclic) bond motifs is 15. The molecule has 11 aromatic rings. The van der Waals surface area contributed by atoms with Crippen molar-refractivity contribution < 1.29 is 0 Å². The van der Waals surface area contributed by atoms with Crippen LogP contribution in [0.3, 0.4) is 0 Å². The van der Waals surface area contributed by atoms with Crippen molar-refractivity contribution in [3.8, 4) is 55.6 Å². The van der Waals surface area contributed by atoms with Gasteiger partial charge in [-0.3, -0.25) is 0 Å². The molecule has 14 rings (SSSR count). The Morgan fingerprint density at radius 2 is 0.625 bits per heavy atom. The minimum absolute atomic E-state index is 0.460. The van der Waals surface area contributed by atoms with Crippen LogP contribution in [-0.4, -0.2) is 0 Å². The second kappa shape index (κ2) is 16.7. The van der Waals surface area contributed by atoms with Gasteiger partial charge in [0.2, 0.25) is 0 Å². The van der Waals surface area contributed by atoms with Gasteiger partial charge >= 0.3 is 0 Å². The molecule has 0 amide bonds. The van der Waals surface area contributed by atoms with Crippen LogP contribution in [0.5, 0.6) is 0 Å². The Morgan fingerprint density at radius 1 is 0.278 bits per heavy atom. The average Bonchev–Trinajstić information content (AvgIpc) is 3.88. The smallest absolute Gasteiger partial charge is 0.0726 e. The zero-order valence-corrected chi connectivity index (χ0v) is 40.3. The number of rotatable bonds is 8. The van der Waals surface area contributed by atoms with Gasteiger partial charge in [-0.25, -0.2) is 0 Å². The van der Waals surface area contributed by atoms with E-state index < -0.39 is 10.8 Å². The molecule has 0 fully saturated rings. The highest BCUT2D eigenvalue weighted by Gasteiger charge is 2.52. The first-order valence-electron chi connectivity index (χ1n) is 25.6. The zero-order valence-electron chi connectivity index (χ0n) is 40.3. The van der Waals surface area contributed by atoms with E-state index in [1.165, 1.54) is 106 Å². The first-order chi connectivity index (χ1) is 35.7. The largest absolute Gasteiger partial charge is 0.310 e. The van der Waals surface area contributed by atoms with Crippen molar-refractivity contribution in [3.05, 3.63) is 317 Å². The second-order valence-corrected chi connectivity index (χ2v) is 19.7. The summed E-state index contributed by atoms with van der Waals surface area (Å²) in [5.41, 5.74) is 26.6. The van der Waals surface area contributed by atoms with E-state index in [0.717, 1.165) is 29.9 Å². The molecular weight excluding hydrogens is 867 g/mol. The quantitative estimate of drug-likeness (QED) is 0.147. The van der Waals surface area contributed by atoms with Gasteiger partial charge in [0.05, 0.1) is 10.8 Å². The van der Waals surface area contributed by atoms with Crippen molar-refractivity contribution in [2.24, 2.45) is 0 Å². The Labute approximate surface area is 423 Å². The molecule has 1 spiro atoms. The number of hydrogen-bond acceptors (Lipinski definition) is 1. The predicted octanol–water partition coefficient (Wildman–Crippen LogP) is 18.1. The topological polar surface area (TPSA) is 3.24 Å². The van der Waals surface area contributed by atoms with Gasteiger partial charge in [0.15, 0.2) is 0 Å². The van der Waals surface area contributed by atoms with Crippen LogP contribution in [0, 0.1) is 0 Å². The Kier molecular flexibility index (Phi) is 9.76. The fourth-order valence-electron chi connectivity index (χ4n) is 13.1. The highest BCUT2D eigenvalue weighted by molar-refractivity contribution is 5.97. The van der Waals surface area contributed by atoms with Crippen LogP contribution in [-0.2, 0) is 17.3 Å². The van der Waals surface area contributed by atoms with Gasteiger partial charge in [-0.2, -0.15) is 0 Å². The van der Waals surface area contributed by atoms with E-state index in [0.29, 0.717) is 0 Å². The van der Waals surface area contributed by atoms with Crippen LogP contribution >= 0.6 is 0 Å². The van der Waals surface area contributed by atoms with Crippen molar-refractivity contribution in [1.82, 2.24) is 0 Å². The Balaban J connectivity index is 0.985. The monoisotopic (exact) mass is 917 g/mol. The number of hydrogen-bond donors (Lipinski definition) is 0. The van der Waals surface area contributed by atoms with Crippen molar-refractivity contribution in [2.75, 3.05) is 4.90 Å². The summed E-state index contributed by atoms with van der Waals surface area (Å²) in [5, 5.41) is 0. The number of anilines is 3. The first-order valence-corrected chi connectivity index (χ1v) is 25.6. The molecule has 0 heterocycles. The lowest BCUT2D eigenvalue weighted by Gasteiger charge is -2.38. The van der Waals surface area contributed by atoms with E-state index in [-0.39, 0.29) is 0 Å². The number of nitrogens with zero attached hydrogens (tertiary/aromatic N) is 1. The molecule has 0 radical (unpaired) electrons. The molecule has 3 aliphatic rings. The molecule has 11 aromatic carbocycles. The molecule has 0 N–H and O–H groups in total. The average molecular weight is 918 g/mol. The van der Waals surface area contributed by atoms with Gasteiger partial charge in [0.25, 0.3) is 0 Å². The summed E-state index contributed by atoms with van der Waals surface area (Å²) in [6.45, 7) is 2.24. The molecule has 0 unspecified atom stereocenters. The van der Waals surface area contributed by atoms with E-state index >= 15 is 0 Å². The molecule has 1 heteroatoms. The van der Waals surface area contributed by atoms with Crippen LogP contribution in [0.1, 0.15) is 63.4 Å². The Morgan fingerprint density at radius 3 is 1.10 bits per heavy atom. The van der Waals surface area contributed by atoms with E-state index in [4.69, 9.17) is 0 Å². The Bertz CT molecular complexity index is 3730. The molecule has 0 bridgehead atoms. The molecular formula is C71H51N. The van der Waals surface area contributed by atoms with Crippen LogP contribution in [0.4, 0.5) is 17.1 Å². The normalized spacial score (nSPS) is 13.7. The molecule has 72 heavy (non-hydrogen) atoms. The molecule has 0 saturated heterocycles. The number of benzene rings is 11. The fourth-order valence-corrected chi connectivity index (χ4v) is 13.1. The van der Waals surface area contributed by atoms with E-state index in [1.807, 2.05) is 0 Å². The summed E-state index contributed by atoms with van der Waals surface area (Å²) >= 11 is 0. The standard InChI is InChI=1S/C71H51N/c1-2-18-48-33-35-49(36-34-48)50-37-41-53(42-38-50)72(55-45-46-63-62-27-12-17-32-68(62)71(69(63)47-55)66-30-15-10-25-60(66)61-26-11-16-31-67(61)71)54-43-39-52(40-44-54)70(51-19-4-3-5-20-51)64-28-13-8-23-58(64)56-21-6-7-22-57(56)59-24-9-14-29-65(59)70/h3-17,19-47H,2,18H2,1H3. The van der Waals surface area contributed by atoms with Crippen molar-refractivity contribution >= 4 is 17.1 Å². The van der Waals surface area contributed by atoms with Crippen LogP contribution in [0.15, 0.2) is 267 Å². The van der Waals surface area contributed by atoms with Crippen LogP contribution in [0.25, 0.3) is 55.6 Å². The minimum Gasteiger partial charge on any atom is -0.310 e. The first kappa shape index (κ1) is 42.1.